The van der Waals surface area contributed by atoms with E-state index in [0.717, 1.165) is 0 Å². The molecular formula is C11H19N3O2. The van der Waals surface area contributed by atoms with Gasteiger partial charge in [-0.25, -0.2) is 0 Å². The van der Waals surface area contributed by atoms with Crippen molar-refractivity contribution in [1.29, 1.82) is 0 Å². The molecule has 0 aliphatic rings. The molecule has 0 fully saturated rings. The van der Waals surface area contributed by atoms with E-state index < -0.39 is 5.91 Å². The lowest BCUT2D eigenvalue weighted by molar-refractivity contribution is -0.134. The van der Waals surface area contributed by atoms with Gasteiger partial charge in [-0.2, -0.15) is 0 Å². The number of carbonyl (C=O) groups excluding carboxylic acids is 2. The maximum absolute atomic E-state index is 11.7. The molecule has 0 saturated carbocycles. The highest BCUT2D eigenvalue weighted by Gasteiger charge is 2.16. The van der Waals surface area contributed by atoms with Gasteiger partial charge in [0.1, 0.15) is 0 Å². The summed E-state index contributed by atoms with van der Waals surface area (Å²) in [5.41, 5.74) is 5.08. The largest absolute Gasteiger partial charge is 0.368 e. The molecule has 0 aromatic carbocycles. The van der Waals surface area contributed by atoms with Crippen LogP contribution in [0.25, 0.3) is 0 Å². The predicted octanol–water partition coefficient (Wildman–Crippen LogP) is -0.821. The highest BCUT2D eigenvalue weighted by Crippen LogP contribution is 1.98. The first-order chi connectivity index (χ1) is 7.47. The van der Waals surface area contributed by atoms with Crippen LogP contribution in [0.5, 0.6) is 0 Å². The quantitative estimate of drug-likeness (QED) is 0.439. The van der Waals surface area contributed by atoms with E-state index in [9.17, 15) is 9.59 Å². The average molecular weight is 225 g/mol. The smallest absolute Gasteiger partial charge is 0.237 e. The van der Waals surface area contributed by atoms with Crippen molar-refractivity contribution < 1.29 is 9.59 Å². The summed E-state index contributed by atoms with van der Waals surface area (Å²) >= 11 is 0. The molecular weight excluding hydrogens is 206 g/mol. The molecule has 0 aromatic rings. The van der Waals surface area contributed by atoms with Gasteiger partial charge in [-0.1, -0.05) is 19.8 Å². The zero-order chi connectivity index (χ0) is 12.6. The Kier molecular flexibility index (Phi) is 6.97. The molecule has 0 atom stereocenters. The lowest BCUT2D eigenvalue weighted by atomic mass is 10.2. The summed E-state index contributed by atoms with van der Waals surface area (Å²) in [6, 6.07) is 0. The molecule has 0 spiro atoms. The van der Waals surface area contributed by atoms with E-state index in [4.69, 9.17) is 12.2 Å². The van der Waals surface area contributed by atoms with Crippen LogP contribution in [0, 0.1) is 18.3 Å². The zero-order valence-electron chi connectivity index (χ0n) is 9.82. The Morgan fingerprint density at radius 3 is 2.56 bits per heavy atom. The summed E-state index contributed by atoms with van der Waals surface area (Å²) < 4.78 is 0. The SMILES string of the molecule is C#CCNCC(=O)N(CC(N)=O)CC(C)C. The number of hydrogen-bond acceptors (Lipinski definition) is 3. The minimum absolute atomic E-state index is 0.0469. The molecule has 0 rings (SSSR count). The van der Waals surface area contributed by atoms with E-state index in [1.807, 2.05) is 13.8 Å². The Balaban J connectivity index is 4.21. The fraction of sp³-hybridized carbons (Fsp3) is 0.636. The number of nitrogens with two attached hydrogens (primary N) is 1. The normalized spacial score (nSPS) is 9.88. The van der Waals surface area contributed by atoms with Crippen LogP contribution in [0.2, 0.25) is 0 Å². The van der Waals surface area contributed by atoms with Gasteiger partial charge in [0, 0.05) is 6.54 Å². The second kappa shape index (κ2) is 7.71. The van der Waals surface area contributed by atoms with E-state index in [1.165, 1.54) is 4.90 Å². The second-order valence-corrected chi connectivity index (χ2v) is 3.94. The number of primary amides is 1. The van der Waals surface area contributed by atoms with Crippen molar-refractivity contribution in [3.63, 3.8) is 0 Å². The maximum atomic E-state index is 11.7. The number of rotatable bonds is 7. The fourth-order valence-electron chi connectivity index (χ4n) is 1.24. The van der Waals surface area contributed by atoms with Crippen molar-refractivity contribution in [2.24, 2.45) is 11.7 Å². The first-order valence-electron chi connectivity index (χ1n) is 5.17. The summed E-state index contributed by atoms with van der Waals surface area (Å²) in [5, 5.41) is 2.78. The van der Waals surface area contributed by atoms with Crippen LogP contribution < -0.4 is 11.1 Å². The van der Waals surface area contributed by atoms with Gasteiger partial charge >= 0.3 is 0 Å². The van der Waals surface area contributed by atoms with E-state index in [1.54, 1.807) is 0 Å². The van der Waals surface area contributed by atoms with Gasteiger partial charge < -0.3 is 10.6 Å². The zero-order valence-corrected chi connectivity index (χ0v) is 9.82. The van der Waals surface area contributed by atoms with Crippen molar-refractivity contribution in [3.05, 3.63) is 0 Å². The summed E-state index contributed by atoms with van der Waals surface area (Å²) in [4.78, 5) is 23.9. The number of nitrogens with one attached hydrogen (secondary N) is 1. The van der Waals surface area contributed by atoms with Crippen LogP contribution in [-0.4, -0.2) is 42.9 Å². The number of terminal acetylenes is 1. The molecule has 0 heterocycles. The molecule has 0 saturated heterocycles. The molecule has 90 valence electrons. The molecule has 0 aliphatic carbocycles. The van der Waals surface area contributed by atoms with Crippen LogP contribution >= 0.6 is 0 Å². The Bertz CT molecular complexity index is 281. The minimum atomic E-state index is -0.508. The highest BCUT2D eigenvalue weighted by molar-refractivity contribution is 5.84. The first-order valence-corrected chi connectivity index (χ1v) is 5.17. The summed E-state index contributed by atoms with van der Waals surface area (Å²) in [5.74, 6) is 1.99. The van der Waals surface area contributed by atoms with E-state index in [2.05, 4.69) is 11.2 Å². The second-order valence-electron chi connectivity index (χ2n) is 3.94. The number of amides is 2. The minimum Gasteiger partial charge on any atom is -0.368 e. The van der Waals surface area contributed by atoms with E-state index in [0.29, 0.717) is 13.1 Å². The summed E-state index contributed by atoms with van der Waals surface area (Å²) in [6.07, 6.45) is 5.04. The molecule has 0 aromatic heterocycles. The number of nitrogens with zero attached hydrogens (tertiary/aromatic N) is 1. The third-order valence-corrected chi connectivity index (χ3v) is 1.79. The Morgan fingerprint density at radius 1 is 1.50 bits per heavy atom. The molecule has 16 heavy (non-hydrogen) atoms. The van der Waals surface area contributed by atoms with Gasteiger partial charge in [0.15, 0.2) is 0 Å². The average Bonchev–Trinajstić information content (AvgIpc) is 2.15. The molecule has 5 nitrogen and oxygen atoms in total. The molecule has 0 bridgehead atoms. The molecule has 2 amide bonds. The fourth-order valence-corrected chi connectivity index (χ4v) is 1.24. The van der Waals surface area contributed by atoms with Crippen molar-refractivity contribution in [3.8, 4) is 12.3 Å². The summed E-state index contributed by atoms with van der Waals surface area (Å²) in [7, 11) is 0. The topological polar surface area (TPSA) is 75.4 Å². The highest BCUT2D eigenvalue weighted by atomic mass is 16.2. The Morgan fingerprint density at radius 2 is 2.12 bits per heavy atom. The van der Waals surface area contributed by atoms with E-state index in [-0.39, 0.29) is 24.9 Å². The first kappa shape index (κ1) is 14.5. The van der Waals surface area contributed by atoms with Gasteiger partial charge in [0.25, 0.3) is 0 Å². The number of hydrogen-bond donors (Lipinski definition) is 2. The van der Waals surface area contributed by atoms with Gasteiger partial charge in [0.2, 0.25) is 11.8 Å². The molecule has 5 heteroatoms. The predicted molar refractivity (Wildman–Crippen MR) is 62.3 cm³/mol. The standard InChI is InChI=1S/C11H19N3O2/c1-4-5-13-6-11(16)14(7-9(2)3)8-10(12)15/h1,9,13H,5-8H2,2-3H3,(H2,12,15). The van der Waals surface area contributed by atoms with Crippen molar-refractivity contribution in [1.82, 2.24) is 10.2 Å². The third-order valence-electron chi connectivity index (χ3n) is 1.79. The van der Waals surface area contributed by atoms with Gasteiger partial charge in [-0.15, -0.1) is 6.42 Å². The number of carbonyl (C=O) groups is 2. The monoisotopic (exact) mass is 225 g/mol. The molecule has 0 aliphatic heterocycles. The van der Waals surface area contributed by atoms with Gasteiger partial charge in [-0.3, -0.25) is 14.9 Å². The Hall–Kier alpha value is -1.54. The summed E-state index contributed by atoms with van der Waals surface area (Å²) in [6.45, 7) is 4.86. The molecule has 0 unspecified atom stereocenters. The lowest BCUT2D eigenvalue weighted by Crippen LogP contribution is -2.44. The van der Waals surface area contributed by atoms with Crippen LogP contribution in [0.1, 0.15) is 13.8 Å². The van der Waals surface area contributed by atoms with Crippen molar-refractivity contribution in [2.45, 2.75) is 13.8 Å². The molecule has 3 N–H and O–H groups in total. The van der Waals surface area contributed by atoms with Crippen LogP contribution in [0.15, 0.2) is 0 Å². The third kappa shape index (κ3) is 6.85. The van der Waals surface area contributed by atoms with Crippen LogP contribution in [-0.2, 0) is 9.59 Å². The van der Waals surface area contributed by atoms with Crippen LogP contribution in [0.4, 0.5) is 0 Å². The van der Waals surface area contributed by atoms with Crippen molar-refractivity contribution >= 4 is 11.8 Å². The van der Waals surface area contributed by atoms with E-state index >= 15 is 0 Å². The molecule has 0 radical (unpaired) electrons. The van der Waals surface area contributed by atoms with Gasteiger partial charge in [-0.05, 0) is 5.92 Å². The Labute approximate surface area is 96.4 Å². The van der Waals surface area contributed by atoms with Gasteiger partial charge in [0.05, 0.1) is 19.6 Å². The van der Waals surface area contributed by atoms with Crippen molar-refractivity contribution in [2.75, 3.05) is 26.2 Å². The lowest BCUT2D eigenvalue weighted by Gasteiger charge is -2.23. The van der Waals surface area contributed by atoms with Crippen LogP contribution in [0.3, 0.4) is 0 Å². The maximum Gasteiger partial charge on any atom is 0.237 e.